The van der Waals surface area contributed by atoms with E-state index >= 15 is 0 Å². The summed E-state index contributed by atoms with van der Waals surface area (Å²) in [6.45, 7) is 2.95. The molecular formula is C12H19N5O2S. The fourth-order valence-corrected chi connectivity index (χ4v) is 3.20. The summed E-state index contributed by atoms with van der Waals surface area (Å²) in [7, 11) is -1.70. The molecule has 2 rings (SSSR count). The van der Waals surface area contributed by atoms with Crippen molar-refractivity contribution in [2.24, 2.45) is 0 Å². The van der Waals surface area contributed by atoms with Gasteiger partial charge in [-0.3, -0.25) is 0 Å². The van der Waals surface area contributed by atoms with E-state index in [-0.39, 0.29) is 10.9 Å². The van der Waals surface area contributed by atoms with Crippen LogP contribution < -0.4 is 10.0 Å². The summed E-state index contributed by atoms with van der Waals surface area (Å²) >= 11 is 0. The van der Waals surface area contributed by atoms with Crippen LogP contribution in [0.15, 0.2) is 35.9 Å². The molecule has 0 fully saturated rings. The van der Waals surface area contributed by atoms with Gasteiger partial charge < -0.3 is 14.9 Å². The summed E-state index contributed by atoms with van der Waals surface area (Å²) in [4.78, 5) is 7.11. The maximum atomic E-state index is 12.2. The minimum atomic E-state index is -3.50. The molecule has 2 aromatic heterocycles. The lowest BCUT2D eigenvalue weighted by Gasteiger charge is -2.13. The Bertz CT molecular complexity index is 633. The van der Waals surface area contributed by atoms with Crippen molar-refractivity contribution in [3.63, 3.8) is 0 Å². The van der Waals surface area contributed by atoms with Crippen molar-refractivity contribution in [1.82, 2.24) is 24.6 Å². The monoisotopic (exact) mass is 297 g/mol. The van der Waals surface area contributed by atoms with E-state index in [1.54, 1.807) is 31.8 Å². The highest BCUT2D eigenvalue weighted by Crippen LogP contribution is 2.11. The SMILES string of the molecule is CNCc1cc(S(=O)(=O)NC(C)Cn2ccnc2)c[nH]1. The number of nitrogens with zero attached hydrogens (tertiary/aromatic N) is 2. The summed E-state index contributed by atoms with van der Waals surface area (Å²) in [6.07, 6.45) is 6.62. The van der Waals surface area contributed by atoms with E-state index in [9.17, 15) is 8.42 Å². The number of aromatic nitrogens is 3. The van der Waals surface area contributed by atoms with Gasteiger partial charge in [0.2, 0.25) is 10.0 Å². The summed E-state index contributed by atoms with van der Waals surface area (Å²) in [5.41, 5.74) is 0.829. The lowest BCUT2D eigenvalue weighted by Crippen LogP contribution is -2.35. The number of rotatable bonds is 7. The van der Waals surface area contributed by atoms with Crippen LogP contribution in [0.1, 0.15) is 12.6 Å². The van der Waals surface area contributed by atoms with Gasteiger partial charge in [-0.25, -0.2) is 18.1 Å². The predicted molar refractivity (Wildman–Crippen MR) is 75.6 cm³/mol. The number of nitrogens with one attached hydrogen (secondary N) is 3. The van der Waals surface area contributed by atoms with Crippen LogP contribution >= 0.6 is 0 Å². The maximum Gasteiger partial charge on any atom is 0.242 e. The summed E-state index contributed by atoms with van der Waals surface area (Å²) in [6, 6.07) is 1.40. The molecule has 0 aliphatic rings. The highest BCUT2D eigenvalue weighted by Gasteiger charge is 2.18. The summed E-state index contributed by atoms with van der Waals surface area (Å²) < 4.78 is 28.9. The van der Waals surface area contributed by atoms with Gasteiger partial charge in [-0.1, -0.05) is 0 Å². The quantitative estimate of drug-likeness (QED) is 0.685. The Balaban J connectivity index is 2.02. The highest BCUT2D eigenvalue weighted by atomic mass is 32.2. The molecule has 0 aliphatic carbocycles. The molecule has 0 saturated heterocycles. The van der Waals surface area contributed by atoms with Crippen molar-refractivity contribution in [3.8, 4) is 0 Å². The van der Waals surface area contributed by atoms with Crippen LogP contribution in [-0.2, 0) is 23.1 Å². The molecule has 0 bridgehead atoms. The number of hydrogen-bond acceptors (Lipinski definition) is 4. The van der Waals surface area contributed by atoms with E-state index in [1.165, 1.54) is 6.20 Å². The zero-order chi connectivity index (χ0) is 14.6. The second-order valence-corrected chi connectivity index (χ2v) is 6.39. The van der Waals surface area contributed by atoms with Crippen LogP contribution in [0.2, 0.25) is 0 Å². The van der Waals surface area contributed by atoms with Gasteiger partial charge in [0.1, 0.15) is 0 Å². The second-order valence-electron chi connectivity index (χ2n) is 4.67. The average molecular weight is 297 g/mol. The highest BCUT2D eigenvalue weighted by molar-refractivity contribution is 7.89. The molecule has 0 spiro atoms. The van der Waals surface area contributed by atoms with Crippen LogP contribution in [0.3, 0.4) is 0 Å². The molecule has 0 radical (unpaired) electrons. The molecular weight excluding hydrogens is 278 g/mol. The molecule has 3 N–H and O–H groups in total. The van der Waals surface area contributed by atoms with Gasteiger partial charge in [-0.05, 0) is 20.0 Å². The Morgan fingerprint density at radius 2 is 2.30 bits per heavy atom. The van der Waals surface area contributed by atoms with E-state index in [0.29, 0.717) is 13.1 Å². The Hall–Kier alpha value is -1.64. The fourth-order valence-electron chi connectivity index (χ4n) is 1.95. The molecule has 110 valence electrons. The van der Waals surface area contributed by atoms with Crippen LogP contribution in [0.25, 0.3) is 0 Å². The first kappa shape index (κ1) is 14.8. The van der Waals surface area contributed by atoms with Gasteiger partial charge >= 0.3 is 0 Å². The third-order valence-electron chi connectivity index (χ3n) is 2.79. The standard InChI is InChI=1S/C12H19N5O2S/c1-10(8-17-4-3-14-9-17)16-20(18,19)12-5-11(6-13-2)15-7-12/h3-5,7,9-10,13,15-16H,6,8H2,1-2H3. The third-order valence-corrected chi connectivity index (χ3v) is 4.36. The van der Waals surface area contributed by atoms with Gasteiger partial charge in [-0.15, -0.1) is 0 Å². The van der Waals surface area contributed by atoms with E-state index in [2.05, 4.69) is 20.0 Å². The second kappa shape index (κ2) is 6.21. The molecule has 1 unspecified atom stereocenters. The molecule has 20 heavy (non-hydrogen) atoms. The number of aromatic amines is 1. The van der Waals surface area contributed by atoms with E-state index in [1.807, 2.05) is 11.5 Å². The first-order valence-electron chi connectivity index (χ1n) is 6.31. The van der Waals surface area contributed by atoms with Crippen molar-refractivity contribution >= 4 is 10.0 Å². The molecule has 2 heterocycles. The molecule has 8 heteroatoms. The Kier molecular flexibility index (Phi) is 4.58. The van der Waals surface area contributed by atoms with Crippen LogP contribution in [0.5, 0.6) is 0 Å². The van der Waals surface area contributed by atoms with Gasteiger partial charge in [0.25, 0.3) is 0 Å². The average Bonchev–Trinajstić information content (AvgIpc) is 3.00. The lowest BCUT2D eigenvalue weighted by atomic mass is 10.4. The minimum Gasteiger partial charge on any atom is -0.363 e. The number of sulfonamides is 1. The zero-order valence-electron chi connectivity index (χ0n) is 11.5. The molecule has 0 aromatic carbocycles. The van der Waals surface area contributed by atoms with Crippen molar-refractivity contribution in [2.75, 3.05) is 7.05 Å². The third kappa shape index (κ3) is 3.69. The fraction of sp³-hybridized carbons (Fsp3) is 0.417. The number of hydrogen-bond donors (Lipinski definition) is 3. The smallest absolute Gasteiger partial charge is 0.242 e. The van der Waals surface area contributed by atoms with Crippen molar-refractivity contribution < 1.29 is 8.42 Å². The lowest BCUT2D eigenvalue weighted by molar-refractivity contribution is 0.520. The van der Waals surface area contributed by atoms with Crippen LogP contribution in [0.4, 0.5) is 0 Å². The van der Waals surface area contributed by atoms with Crippen LogP contribution in [-0.4, -0.2) is 36.0 Å². The molecule has 0 amide bonds. The predicted octanol–water partition coefficient (Wildman–Crippen LogP) is 0.298. The number of H-pyrrole nitrogens is 1. The Labute approximate surface area is 118 Å². The number of imidazole rings is 1. The Morgan fingerprint density at radius 3 is 2.95 bits per heavy atom. The molecule has 0 aliphatic heterocycles. The normalized spacial score (nSPS) is 13.5. The van der Waals surface area contributed by atoms with E-state index in [4.69, 9.17) is 0 Å². The summed E-state index contributed by atoms with van der Waals surface area (Å²) in [5, 5.41) is 2.96. The molecule has 2 aromatic rings. The summed E-state index contributed by atoms with van der Waals surface area (Å²) in [5.74, 6) is 0. The van der Waals surface area contributed by atoms with Gasteiger partial charge in [0.05, 0.1) is 11.2 Å². The first-order valence-corrected chi connectivity index (χ1v) is 7.79. The molecule has 0 saturated carbocycles. The Morgan fingerprint density at radius 1 is 1.50 bits per heavy atom. The van der Waals surface area contributed by atoms with Crippen molar-refractivity contribution in [3.05, 3.63) is 36.7 Å². The molecule has 7 nitrogen and oxygen atoms in total. The van der Waals surface area contributed by atoms with Crippen LogP contribution in [0, 0.1) is 0 Å². The van der Waals surface area contributed by atoms with Crippen molar-refractivity contribution in [1.29, 1.82) is 0 Å². The zero-order valence-corrected chi connectivity index (χ0v) is 12.3. The molecule has 1 atom stereocenters. The topological polar surface area (TPSA) is 91.8 Å². The van der Waals surface area contributed by atoms with E-state index in [0.717, 1.165) is 5.69 Å². The van der Waals surface area contributed by atoms with Gasteiger partial charge in [-0.2, -0.15) is 0 Å². The van der Waals surface area contributed by atoms with Crippen molar-refractivity contribution in [2.45, 2.75) is 31.0 Å². The maximum absolute atomic E-state index is 12.2. The first-order chi connectivity index (χ1) is 9.51. The van der Waals surface area contributed by atoms with Gasteiger partial charge in [0.15, 0.2) is 0 Å². The minimum absolute atomic E-state index is 0.225. The largest absolute Gasteiger partial charge is 0.363 e. The van der Waals surface area contributed by atoms with Gasteiger partial charge in [0, 0.05) is 43.4 Å². The van der Waals surface area contributed by atoms with E-state index < -0.39 is 10.0 Å².